The standard InChI is InChI=1S/C14H16O3/c1-3-17-12-9-8-10-6-4-5-7-11(10)13(12)14(15)16-2/h5,7-9H,3-4,6H2,1-2H3. The van der Waals surface area contributed by atoms with Crippen LogP contribution in [0.4, 0.5) is 0 Å². The van der Waals surface area contributed by atoms with Crippen LogP contribution in [0.3, 0.4) is 0 Å². The van der Waals surface area contributed by atoms with Crippen molar-refractivity contribution in [2.75, 3.05) is 13.7 Å². The minimum Gasteiger partial charge on any atom is -0.493 e. The van der Waals surface area contributed by atoms with Gasteiger partial charge in [0.1, 0.15) is 11.3 Å². The van der Waals surface area contributed by atoms with Crippen molar-refractivity contribution >= 4 is 12.0 Å². The molecule has 3 nitrogen and oxygen atoms in total. The zero-order valence-electron chi connectivity index (χ0n) is 10.2. The maximum atomic E-state index is 11.8. The molecule has 1 aromatic carbocycles. The Morgan fingerprint density at radius 3 is 2.94 bits per heavy atom. The van der Waals surface area contributed by atoms with Gasteiger partial charge in [-0.05, 0) is 37.0 Å². The second-order valence-corrected chi connectivity index (χ2v) is 3.88. The van der Waals surface area contributed by atoms with Crippen molar-refractivity contribution in [2.24, 2.45) is 0 Å². The average molecular weight is 232 g/mol. The second kappa shape index (κ2) is 5.04. The maximum absolute atomic E-state index is 11.8. The van der Waals surface area contributed by atoms with E-state index in [0.29, 0.717) is 17.9 Å². The lowest BCUT2D eigenvalue weighted by Crippen LogP contribution is -2.10. The second-order valence-electron chi connectivity index (χ2n) is 3.88. The highest BCUT2D eigenvalue weighted by Gasteiger charge is 2.20. The van der Waals surface area contributed by atoms with Crippen molar-refractivity contribution in [1.29, 1.82) is 0 Å². The summed E-state index contributed by atoms with van der Waals surface area (Å²) in [6.45, 7) is 2.43. The van der Waals surface area contributed by atoms with Crippen molar-refractivity contribution in [2.45, 2.75) is 19.8 Å². The summed E-state index contributed by atoms with van der Waals surface area (Å²) < 4.78 is 10.3. The Balaban J connectivity index is 2.56. The van der Waals surface area contributed by atoms with Crippen molar-refractivity contribution < 1.29 is 14.3 Å². The number of hydrogen-bond acceptors (Lipinski definition) is 3. The van der Waals surface area contributed by atoms with Crippen LogP contribution in [0.25, 0.3) is 6.08 Å². The number of allylic oxidation sites excluding steroid dienone is 1. The van der Waals surface area contributed by atoms with Gasteiger partial charge in [0.25, 0.3) is 0 Å². The number of carbonyl (C=O) groups is 1. The summed E-state index contributed by atoms with van der Waals surface area (Å²) in [5.41, 5.74) is 2.66. The number of rotatable bonds is 3. The molecule has 3 heteroatoms. The van der Waals surface area contributed by atoms with E-state index in [9.17, 15) is 4.79 Å². The van der Waals surface area contributed by atoms with Crippen molar-refractivity contribution in [3.05, 3.63) is 34.9 Å². The normalized spacial score (nSPS) is 13.1. The molecule has 0 saturated heterocycles. The average Bonchev–Trinajstić information content (AvgIpc) is 2.38. The van der Waals surface area contributed by atoms with E-state index < -0.39 is 0 Å². The number of hydrogen-bond donors (Lipinski definition) is 0. The number of carbonyl (C=O) groups excluding carboxylic acids is 1. The Morgan fingerprint density at radius 2 is 2.24 bits per heavy atom. The lowest BCUT2D eigenvalue weighted by Gasteiger charge is -2.17. The summed E-state index contributed by atoms with van der Waals surface area (Å²) in [4.78, 5) is 11.8. The number of esters is 1. The van der Waals surface area contributed by atoms with Crippen molar-refractivity contribution in [1.82, 2.24) is 0 Å². The molecule has 0 heterocycles. The highest BCUT2D eigenvalue weighted by atomic mass is 16.5. The van der Waals surface area contributed by atoms with E-state index in [4.69, 9.17) is 9.47 Å². The predicted molar refractivity (Wildman–Crippen MR) is 66.3 cm³/mol. The van der Waals surface area contributed by atoms with Gasteiger partial charge in [0.05, 0.1) is 13.7 Å². The highest BCUT2D eigenvalue weighted by molar-refractivity contribution is 5.97. The van der Waals surface area contributed by atoms with Gasteiger partial charge in [-0.15, -0.1) is 0 Å². The number of benzene rings is 1. The molecule has 90 valence electrons. The fourth-order valence-corrected chi connectivity index (χ4v) is 2.08. The topological polar surface area (TPSA) is 35.5 Å². The molecule has 1 aliphatic rings. The molecule has 0 radical (unpaired) electrons. The van der Waals surface area contributed by atoms with Crippen LogP contribution in [0, 0.1) is 0 Å². The molecule has 0 saturated carbocycles. The van der Waals surface area contributed by atoms with E-state index in [2.05, 4.69) is 6.08 Å². The zero-order chi connectivity index (χ0) is 12.3. The largest absolute Gasteiger partial charge is 0.493 e. The van der Waals surface area contributed by atoms with Gasteiger partial charge in [0.2, 0.25) is 0 Å². The van der Waals surface area contributed by atoms with Crippen molar-refractivity contribution in [3.63, 3.8) is 0 Å². The molecule has 0 N–H and O–H groups in total. The minimum atomic E-state index is -0.336. The number of ether oxygens (including phenoxy) is 2. The van der Waals surface area contributed by atoms with Gasteiger partial charge in [0, 0.05) is 0 Å². The molecule has 2 rings (SSSR count). The Bertz CT molecular complexity index is 461. The van der Waals surface area contributed by atoms with Gasteiger partial charge in [-0.1, -0.05) is 18.2 Å². The molecule has 0 bridgehead atoms. The lowest BCUT2D eigenvalue weighted by atomic mass is 9.92. The Morgan fingerprint density at radius 1 is 1.41 bits per heavy atom. The van der Waals surface area contributed by atoms with Gasteiger partial charge in [-0.2, -0.15) is 0 Å². The quantitative estimate of drug-likeness (QED) is 0.752. The van der Waals surface area contributed by atoms with E-state index in [1.807, 2.05) is 25.1 Å². The van der Waals surface area contributed by atoms with Crippen LogP contribution in [0.15, 0.2) is 18.2 Å². The third-order valence-corrected chi connectivity index (χ3v) is 2.85. The molecule has 0 amide bonds. The molecule has 0 unspecified atom stereocenters. The van der Waals surface area contributed by atoms with Crippen LogP contribution in [-0.4, -0.2) is 19.7 Å². The Kier molecular flexibility index (Phi) is 3.47. The van der Waals surface area contributed by atoms with Gasteiger partial charge >= 0.3 is 5.97 Å². The summed E-state index contributed by atoms with van der Waals surface area (Å²) in [6, 6.07) is 3.88. The molecule has 0 atom stereocenters. The van der Waals surface area contributed by atoms with E-state index in [1.54, 1.807) is 0 Å². The van der Waals surface area contributed by atoms with E-state index in [1.165, 1.54) is 12.7 Å². The Hall–Kier alpha value is -1.77. The van der Waals surface area contributed by atoms with Crippen molar-refractivity contribution in [3.8, 4) is 5.75 Å². The van der Waals surface area contributed by atoms with Crippen LogP contribution in [0.5, 0.6) is 5.75 Å². The lowest BCUT2D eigenvalue weighted by molar-refractivity contribution is 0.0596. The fourth-order valence-electron chi connectivity index (χ4n) is 2.08. The first-order valence-corrected chi connectivity index (χ1v) is 5.81. The van der Waals surface area contributed by atoms with Crippen LogP contribution in [-0.2, 0) is 11.2 Å². The first-order chi connectivity index (χ1) is 8.27. The Labute approximate surface area is 101 Å². The van der Waals surface area contributed by atoms with Crippen LogP contribution < -0.4 is 4.74 Å². The maximum Gasteiger partial charge on any atom is 0.342 e. The van der Waals surface area contributed by atoms with Gasteiger partial charge < -0.3 is 9.47 Å². The molecular formula is C14H16O3. The first kappa shape index (κ1) is 11.7. The molecule has 0 aliphatic heterocycles. The summed E-state index contributed by atoms with van der Waals surface area (Å²) in [6.07, 6.45) is 6.03. The molecule has 17 heavy (non-hydrogen) atoms. The van der Waals surface area contributed by atoms with Crippen LogP contribution in [0.2, 0.25) is 0 Å². The number of methoxy groups -OCH3 is 1. The molecule has 0 spiro atoms. The number of fused-ring (bicyclic) bond motifs is 1. The van der Waals surface area contributed by atoms with Gasteiger partial charge in [-0.3, -0.25) is 0 Å². The highest BCUT2D eigenvalue weighted by Crippen LogP contribution is 2.30. The smallest absolute Gasteiger partial charge is 0.342 e. The molecule has 0 aromatic heterocycles. The third-order valence-electron chi connectivity index (χ3n) is 2.85. The summed E-state index contributed by atoms with van der Waals surface area (Å²) >= 11 is 0. The van der Waals surface area contributed by atoms with E-state index in [0.717, 1.165) is 18.4 Å². The summed E-state index contributed by atoms with van der Waals surface area (Å²) in [5.74, 6) is 0.265. The monoisotopic (exact) mass is 232 g/mol. The molecule has 1 aliphatic carbocycles. The molecular weight excluding hydrogens is 216 g/mol. The van der Waals surface area contributed by atoms with Crippen LogP contribution in [0.1, 0.15) is 34.8 Å². The third kappa shape index (κ3) is 2.18. The van der Waals surface area contributed by atoms with Gasteiger partial charge in [-0.25, -0.2) is 4.79 Å². The summed E-state index contributed by atoms with van der Waals surface area (Å²) in [7, 11) is 1.39. The summed E-state index contributed by atoms with van der Waals surface area (Å²) in [5, 5.41) is 0. The van der Waals surface area contributed by atoms with E-state index in [-0.39, 0.29) is 5.97 Å². The minimum absolute atomic E-state index is 0.336. The van der Waals surface area contributed by atoms with E-state index >= 15 is 0 Å². The SMILES string of the molecule is CCOc1ccc2c(c1C(=O)OC)C=CCC2. The fraction of sp³-hybridized carbons (Fsp3) is 0.357. The predicted octanol–water partition coefficient (Wildman–Crippen LogP) is 2.83. The number of aryl methyl sites for hydroxylation is 1. The molecule has 0 fully saturated rings. The van der Waals surface area contributed by atoms with Crippen LogP contribution >= 0.6 is 0 Å². The molecule has 1 aromatic rings. The zero-order valence-corrected chi connectivity index (χ0v) is 10.2. The van der Waals surface area contributed by atoms with Gasteiger partial charge in [0.15, 0.2) is 0 Å². The first-order valence-electron chi connectivity index (χ1n) is 5.81.